The van der Waals surface area contributed by atoms with E-state index in [1.807, 2.05) is 67.2 Å². The van der Waals surface area contributed by atoms with Gasteiger partial charge in [0.25, 0.3) is 0 Å². The van der Waals surface area contributed by atoms with Gasteiger partial charge in [-0.05, 0) is 62.3 Å². The molecule has 0 saturated heterocycles. The fourth-order valence-electron chi connectivity index (χ4n) is 2.75. The minimum Gasteiger partial charge on any atom is -0.353 e. The van der Waals surface area contributed by atoms with Crippen LogP contribution in [0.1, 0.15) is 62.3 Å². The normalized spacial score (nSPS) is 19.4. The van der Waals surface area contributed by atoms with Gasteiger partial charge in [0.15, 0.2) is 18.9 Å². The SMILES string of the molecule is CCOC(C)OC(C)N(C(C)OC(C)OCC)C(C)OC(C)OCC. The topological polar surface area (TPSA) is 58.6 Å². The van der Waals surface area contributed by atoms with E-state index in [1.54, 1.807) is 0 Å². The van der Waals surface area contributed by atoms with Gasteiger partial charge in [-0.3, -0.25) is 0 Å². The van der Waals surface area contributed by atoms with Crippen LogP contribution in [0.15, 0.2) is 0 Å². The molecule has 0 rings (SSSR count). The third-order valence-corrected chi connectivity index (χ3v) is 3.63. The van der Waals surface area contributed by atoms with Crippen molar-refractivity contribution in [3.63, 3.8) is 0 Å². The van der Waals surface area contributed by atoms with Crippen LogP contribution >= 0.6 is 0 Å². The van der Waals surface area contributed by atoms with E-state index < -0.39 is 0 Å². The molecule has 0 N–H and O–H groups in total. The smallest absolute Gasteiger partial charge is 0.156 e. The zero-order chi connectivity index (χ0) is 19.4. The Morgan fingerprint density at radius 1 is 0.520 bits per heavy atom. The quantitative estimate of drug-likeness (QED) is 0.412. The fraction of sp³-hybridized carbons (Fsp3) is 1.00. The summed E-state index contributed by atoms with van der Waals surface area (Å²) < 4.78 is 34.3. The molecule has 6 atom stereocenters. The van der Waals surface area contributed by atoms with Crippen molar-refractivity contribution in [3.8, 4) is 0 Å². The van der Waals surface area contributed by atoms with Gasteiger partial charge in [-0.2, -0.15) is 0 Å². The van der Waals surface area contributed by atoms with Crippen LogP contribution in [0.25, 0.3) is 0 Å². The monoisotopic (exact) mass is 365 g/mol. The second kappa shape index (κ2) is 13.9. The molecule has 0 saturated carbocycles. The van der Waals surface area contributed by atoms with Gasteiger partial charge in [-0.1, -0.05) is 0 Å². The van der Waals surface area contributed by atoms with Crippen LogP contribution in [-0.4, -0.2) is 62.3 Å². The second-order valence-corrected chi connectivity index (χ2v) is 5.72. The van der Waals surface area contributed by atoms with E-state index in [1.165, 1.54) is 0 Å². The van der Waals surface area contributed by atoms with E-state index in [2.05, 4.69) is 0 Å². The van der Waals surface area contributed by atoms with Crippen molar-refractivity contribution in [2.24, 2.45) is 0 Å². The molecule has 0 bridgehead atoms. The molecule has 7 heteroatoms. The van der Waals surface area contributed by atoms with E-state index >= 15 is 0 Å². The summed E-state index contributed by atoms with van der Waals surface area (Å²) in [6.45, 7) is 19.1. The minimum absolute atomic E-state index is 0.283. The molecular formula is C18H39NO6. The summed E-state index contributed by atoms with van der Waals surface area (Å²) >= 11 is 0. The number of nitrogens with zero attached hydrogens (tertiary/aromatic N) is 1. The van der Waals surface area contributed by atoms with Crippen LogP contribution in [0.4, 0.5) is 0 Å². The molecule has 0 radical (unpaired) electrons. The van der Waals surface area contributed by atoms with Gasteiger partial charge in [-0.15, -0.1) is 0 Å². The fourth-order valence-corrected chi connectivity index (χ4v) is 2.75. The van der Waals surface area contributed by atoms with Gasteiger partial charge in [0.05, 0.1) is 0 Å². The van der Waals surface area contributed by atoms with Gasteiger partial charge in [-0.25, -0.2) is 4.90 Å². The van der Waals surface area contributed by atoms with Crippen LogP contribution in [-0.2, 0) is 28.4 Å². The molecule has 0 aromatic rings. The summed E-state index contributed by atoms with van der Waals surface area (Å²) in [6, 6.07) is 0. The Hall–Kier alpha value is -0.280. The van der Waals surface area contributed by atoms with Crippen LogP contribution in [0, 0.1) is 0 Å². The molecule has 0 fully saturated rings. The Kier molecular flexibility index (Phi) is 13.7. The third kappa shape index (κ3) is 10.5. The van der Waals surface area contributed by atoms with E-state index in [9.17, 15) is 0 Å². The standard InChI is InChI=1S/C18H39NO6/c1-10-20-16(7)23-13(4)19(14(5)24-17(8)21-11-2)15(6)25-18(9)22-12-3/h13-18H,10-12H2,1-9H3. The van der Waals surface area contributed by atoms with Crippen LogP contribution in [0.5, 0.6) is 0 Å². The van der Waals surface area contributed by atoms with Crippen LogP contribution in [0.3, 0.4) is 0 Å². The summed E-state index contributed by atoms with van der Waals surface area (Å²) in [5.74, 6) is 0. The molecule has 0 aliphatic carbocycles. The van der Waals surface area contributed by atoms with Crippen molar-refractivity contribution in [1.82, 2.24) is 4.90 Å². The van der Waals surface area contributed by atoms with Crippen molar-refractivity contribution in [2.45, 2.75) is 99.9 Å². The summed E-state index contributed by atoms with van der Waals surface area (Å²) in [6.07, 6.45) is -1.82. The largest absolute Gasteiger partial charge is 0.353 e. The Morgan fingerprint density at radius 2 is 0.760 bits per heavy atom. The highest BCUT2D eigenvalue weighted by Gasteiger charge is 2.30. The summed E-state index contributed by atoms with van der Waals surface area (Å²) in [5, 5.41) is 0. The van der Waals surface area contributed by atoms with Gasteiger partial charge < -0.3 is 28.4 Å². The molecule has 0 spiro atoms. The van der Waals surface area contributed by atoms with Gasteiger partial charge >= 0.3 is 0 Å². The lowest BCUT2D eigenvalue weighted by molar-refractivity contribution is -0.296. The molecule has 152 valence electrons. The number of ether oxygens (including phenoxy) is 6. The Balaban J connectivity index is 5.00. The molecule has 0 aromatic heterocycles. The van der Waals surface area contributed by atoms with Crippen LogP contribution < -0.4 is 0 Å². The number of rotatable bonds is 15. The lowest BCUT2D eigenvalue weighted by atomic mass is 10.4. The average molecular weight is 366 g/mol. The highest BCUT2D eigenvalue weighted by Crippen LogP contribution is 2.19. The number of hydrogen-bond donors (Lipinski definition) is 0. The molecular weight excluding hydrogens is 326 g/mol. The molecule has 0 aliphatic heterocycles. The Morgan fingerprint density at radius 3 is 0.960 bits per heavy atom. The first-order chi connectivity index (χ1) is 11.8. The predicted molar refractivity (Wildman–Crippen MR) is 96.7 cm³/mol. The second-order valence-electron chi connectivity index (χ2n) is 5.72. The van der Waals surface area contributed by atoms with Gasteiger partial charge in [0.1, 0.15) is 18.7 Å². The third-order valence-electron chi connectivity index (χ3n) is 3.63. The minimum atomic E-state index is -0.324. The maximum Gasteiger partial charge on any atom is 0.156 e. The molecule has 7 nitrogen and oxygen atoms in total. The summed E-state index contributed by atoms with van der Waals surface area (Å²) in [4.78, 5) is 1.99. The van der Waals surface area contributed by atoms with E-state index in [-0.39, 0.29) is 37.6 Å². The van der Waals surface area contributed by atoms with Gasteiger partial charge in [0.2, 0.25) is 0 Å². The lowest BCUT2D eigenvalue weighted by Crippen LogP contribution is -2.52. The van der Waals surface area contributed by atoms with Crippen LogP contribution in [0.2, 0.25) is 0 Å². The van der Waals surface area contributed by atoms with Crippen molar-refractivity contribution in [1.29, 1.82) is 0 Å². The molecule has 0 heterocycles. The maximum absolute atomic E-state index is 5.94. The zero-order valence-electron chi connectivity index (χ0n) is 17.5. The average Bonchev–Trinajstić information content (AvgIpc) is 2.47. The molecule has 6 unspecified atom stereocenters. The zero-order valence-corrected chi connectivity index (χ0v) is 17.5. The highest BCUT2D eigenvalue weighted by molar-refractivity contribution is 4.66. The number of hydrogen-bond acceptors (Lipinski definition) is 7. The Bertz CT molecular complexity index is 272. The van der Waals surface area contributed by atoms with Crippen molar-refractivity contribution >= 4 is 0 Å². The highest BCUT2D eigenvalue weighted by atomic mass is 16.7. The summed E-state index contributed by atoms with van der Waals surface area (Å²) in [7, 11) is 0. The predicted octanol–water partition coefficient (Wildman–Crippen LogP) is 3.52. The van der Waals surface area contributed by atoms with Gasteiger partial charge in [0, 0.05) is 19.8 Å². The first-order valence-electron chi connectivity index (χ1n) is 9.35. The molecule has 25 heavy (non-hydrogen) atoms. The first-order valence-corrected chi connectivity index (χ1v) is 9.35. The van der Waals surface area contributed by atoms with E-state index in [4.69, 9.17) is 28.4 Å². The van der Waals surface area contributed by atoms with E-state index in [0.29, 0.717) is 19.8 Å². The molecule has 0 amide bonds. The van der Waals surface area contributed by atoms with E-state index in [0.717, 1.165) is 0 Å². The lowest BCUT2D eigenvalue weighted by Gasteiger charge is -2.40. The van der Waals surface area contributed by atoms with Crippen molar-refractivity contribution < 1.29 is 28.4 Å². The molecule has 0 aliphatic rings. The first kappa shape index (κ1) is 24.7. The maximum atomic E-state index is 5.94. The van der Waals surface area contributed by atoms with Crippen molar-refractivity contribution in [2.75, 3.05) is 19.8 Å². The Labute approximate surface area is 153 Å². The van der Waals surface area contributed by atoms with Crippen molar-refractivity contribution in [3.05, 3.63) is 0 Å². The summed E-state index contributed by atoms with van der Waals surface area (Å²) in [5.41, 5.74) is 0. The molecule has 0 aromatic carbocycles.